The SMILES string of the molecule is CC(N)CC(C)Sc1ncco1. The van der Waals surface area contributed by atoms with Crippen molar-refractivity contribution in [2.75, 3.05) is 0 Å². The number of rotatable bonds is 4. The molecule has 0 spiro atoms. The summed E-state index contributed by atoms with van der Waals surface area (Å²) in [5.74, 6) is 0. The average molecular weight is 186 g/mol. The summed E-state index contributed by atoms with van der Waals surface area (Å²) in [4.78, 5) is 4.02. The molecule has 0 radical (unpaired) electrons. The van der Waals surface area contributed by atoms with Gasteiger partial charge in [0, 0.05) is 11.3 Å². The summed E-state index contributed by atoms with van der Waals surface area (Å²) in [6.45, 7) is 4.13. The molecule has 4 heteroatoms. The van der Waals surface area contributed by atoms with E-state index < -0.39 is 0 Å². The van der Waals surface area contributed by atoms with Crippen LogP contribution >= 0.6 is 11.8 Å². The highest BCUT2D eigenvalue weighted by atomic mass is 32.2. The fourth-order valence-corrected chi connectivity index (χ4v) is 1.99. The van der Waals surface area contributed by atoms with Gasteiger partial charge in [0.1, 0.15) is 6.26 Å². The van der Waals surface area contributed by atoms with Crippen molar-refractivity contribution in [1.82, 2.24) is 4.98 Å². The largest absolute Gasteiger partial charge is 0.440 e. The van der Waals surface area contributed by atoms with E-state index in [1.165, 1.54) is 0 Å². The second-order valence-corrected chi connectivity index (χ2v) is 4.33. The number of nitrogens with zero attached hydrogens (tertiary/aromatic N) is 1. The lowest BCUT2D eigenvalue weighted by Crippen LogP contribution is -2.19. The number of aromatic nitrogens is 1. The van der Waals surface area contributed by atoms with Crippen LogP contribution in [-0.4, -0.2) is 16.3 Å². The number of thioether (sulfide) groups is 1. The third kappa shape index (κ3) is 3.28. The molecule has 2 unspecified atom stereocenters. The van der Waals surface area contributed by atoms with E-state index in [4.69, 9.17) is 10.2 Å². The maximum atomic E-state index is 5.66. The molecule has 68 valence electrons. The van der Waals surface area contributed by atoms with Gasteiger partial charge in [-0.3, -0.25) is 0 Å². The lowest BCUT2D eigenvalue weighted by molar-refractivity contribution is 0.452. The van der Waals surface area contributed by atoms with Crippen molar-refractivity contribution in [3.8, 4) is 0 Å². The lowest BCUT2D eigenvalue weighted by Gasteiger charge is -2.10. The standard InChI is InChI=1S/C8H14N2OS/c1-6(9)5-7(2)12-8-10-3-4-11-8/h3-4,6-7H,5,9H2,1-2H3. The van der Waals surface area contributed by atoms with Crippen molar-refractivity contribution in [3.05, 3.63) is 12.5 Å². The van der Waals surface area contributed by atoms with Gasteiger partial charge >= 0.3 is 0 Å². The van der Waals surface area contributed by atoms with Gasteiger partial charge in [0.15, 0.2) is 0 Å². The Labute approximate surface area is 76.7 Å². The minimum atomic E-state index is 0.238. The molecule has 0 saturated carbocycles. The third-order valence-corrected chi connectivity index (χ3v) is 2.41. The summed E-state index contributed by atoms with van der Waals surface area (Å²) in [6.07, 6.45) is 4.22. The first-order valence-corrected chi connectivity index (χ1v) is 4.88. The van der Waals surface area contributed by atoms with Gasteiger partial charge in [0.2, 0.25) is 0 Å². The normalized spacial score (nSPS) is 15.9. The van der Waals surface area contributed by atoms with E-state index in [0.717, 1.165) is 11.6 Å². The van der Waals surface area contributed by atoms with Crippen molar-refractivity contribution in [3.63, 3.8) is 0 Å². The number of nitrogens with two attached hydrogens (primary N) is 1. The molecular weight excluding hydrogens is 172 g/mol. The molecular formula is C8H14N2OS. The monoisotopic (exact) mass is 186 g/mol. The van der Waals surface area contributed by atoms with Crippen LogP contribution in [0.15, 0.2) is 22.1 Å². The first-order valence-electron chi connectivity index (χ1n) is 4.00. The van der Waals surface area contributed by atoms with Crippen LogP contribution in [0, 0.1) is 0 Å². The quantitative estimate of drug-likeness (QED) is 0.730. The van der Waals surface area contributed by atoms with Crippen LogP contribution in [0.4, 0.5) is 0 Å². The fourth-order valence-electron chi connectivity index (χ4n) is 1.01. The van der Waals surface area contributed by atoms with Crippen molar-refractivity contribution >= 4 is 11.8 Å². The van der Waals surface area contributed by atoms with Gasteiger partial charge in [-0.2, -0.15) is 0 Å². The van der Waals surface area contributed by atoms with Gasteiger partial charge in [-0.25, -0.2) is 4.98 Å². The summed E-state index contributed by atoms with van der Waals surface area (Å²) < 4.78 is 5.10. The van der Waals surface area contributed by atoms with Crippen LogP contribution in [0.3, 0.4) is 0 Å². The van der Waals surface area contributed by atoms with Gasteiger partial charge in [-0.05, 0) is 13.3 Å². The molecule has 1 heterocycles. The molecule has 2 N–H and O–H groups in total. The summed E-state index contributed by atoms with van der Waals surface area (Å²) in [5, 5.41) is 1.19. The average Bonchev–Trinajstić information content (AvgIpc) is 2.37. The van der Waals surface area contributed by atoms with Crippen LogP contribution in [-0.2, 0) is 0 Å². The second-order valence-electron chi connectivity index (χ2n) is 2.94. The van der Waals surface area contributed by atoms with Gasteiger partial charge in [0.05, 0.1) is 6.20 Å². The predicted molar refractivity (Wildman–Crippen MR) is 50.1 cm³/mol. The predicted octanol–water partition coefficient (Wildman–Crippen LogP) is 1.89. The van der Waals surface area contributed by atoms with E-state index in [2.05, 4.69) is 11.9 Å². The third-order valence-electron chi connectivity index (χ3n) is 1.42. The Bertz CT molecular complexity index is 211. The van der Waals surface area contributed by atoms with E-state index in [1.54, 1.807) is 24.2 Å². The van der Waals surface area contributed by atoms with E-state index in [9.17, 15) is 0 Å². The molecule has 0 aromatic carbocycles. The summed E-state index contributed by atoms with van der Waals surface area (Å²) >= 11 is 1.62. The zero-order chi connectivity index (χ0) is 8.97. The first kappa shape index (κ1) is 9.61. The molecule has 12 heavy (non-hydrogen) atoms. The number of oxazole rings is 1. The van der Waals surface area contributed by atoms with Crippen molar-refractivity contribution in [1.29, 1.82) is 0 Å². The lowest BCUT2D eigenvalue weighted by atomic mass is 10.2. The van der Waals surface area contributed by atoms with Crippen LogP contribution in [0.1, 0.15) is 20.3 Å². The molecule has 0 amide bonds. The Morgan fingerprint density at radius 2 is 2.42 bits per heavy atom. The first-order chi connectivity index (χ1) is 5.68. The van der Waals surface area contributed by atoms with E-state index in [0.29, 0.717) is 5.25 Å². The van der Waals surface area contributed by atoms with Crippen LogP contribution in [0.25, 0.3) is 0 Å². The van der Waals surface area contributed by atoms with Crippen molar-refractivity contribution in [2.24, 2.45) is 5.73 Å². The van der Waals surface area contributed by atoms with Gasteiger partial charge in [0.25, 0.3) is 5.22 Å². The molecule has 2 atom stereocenters. The zero-order valence-electron chi connectivity index (χ0n) is 7.36. The zero-order valence-corrected chi connectivity index (χ0v) is 8.17. The van der Waals surface area contributed by atoms with E-state index in [-0.39, 0.29) is 6.04 Å². The Morgan fingerprint density at radius 3 is 2.92 bits per heavy atom. The molecule has 1 aromatic rings. The molecule has 0 aliphatic carbocycles. The Balaban J connectivity index is 2.32. The van der Waals surface area contributed by atoms with E-state index in [1.807, 2.05) is 6.92 Å². The smallest absolute Gasteiger partial charge is 0.255 e. The minimum Gasteiger partial charge on any atom is -0.440 e. The maximum Gasteiger partial charge on any atom is 0.255 e. The summed E-state index contributed by atoms with van der Waals surface area (Å²) in [6, 6.07) is 0.238. The highest BCUT2D eigenvalue weighted by Gasteiger charge is 2.09. The highest BCUT2D eigenvalue weighted by Crippen LogP contribution is 2.23. The fraction of sp³-hybridized carbons (Fsp3) is 0.625. The Morgan fingerprint density at radius 1 is 1.67 bits per heavy atom. The van der Waals surface area contributed by atoms with Gasteiger partial charge in [-0.15, -0.1) is 0 Å². The number of hydrogen-bond acceptors (Lipinski definition) is 4. The van der Waals surface area contributed by atoms with Crippen molar-refractivity contribution < 1.29 is 4.42 Å². The van der Waals surface area contributed by atoms with Crippen LogP contribution in [0.5, 0.6) is 0 Å². The maximum absolute atomic E-state index is 5.66. The minimum absolute atomic E-state index is 0.238. The molecule has 0 saturated heterocycles. The van der Waals surface area contributed by atoms with Crippen LogP contribution < -0.4 is 5.73 Å². The van der Waals surface area contributed by atoms with Gasteiger partial charge in [-0.1, -0.05) is 18.7 Å². The molecule has 0 bridgehead atoms. The summed E-state index contributed by atoms with van der Waals surface area (Å²) in [5.41, 5.74) is 5.66. The molecule has 0 aliphatic heterocycles. The molecule has 0 aliphatic rings. The molecule has 1 aromatic heterocycles. The molecule has 0 fully saturated rings. The van der Waals surface area contributed by atoms with Crippen LogP contribution in [0.2, 0.25) is 0 Å². The Kier molecular flexibility index (Phi) is 3.62. The second kappa shape index (κ2) is 4.52. The summed E-state index contributed by atoms with van der Waals surface area (Å²) in [7, 11) is 0. The van der Waals surface area contributed by atoms with Crippen molar-refractivity contribution in [2.45, 2.75) is 36.8 Å². The van der Waals surface area contributed by atoms with E-state index >= 15 is 0 Å². The highest BCUT2D eigenvalue weighted by molar-refractivity contribution is 7.99. The van der Waals surface area contributed by atoms with Gasteiger partial charge < -0.3 is 10.2 Å². The molecule has 1 rings (SSSR count). The number of hydrogen-bond donors (Lipinski definition) is 1. The topological polar surface area (TPSA) is 52.0 Å². The Hall–Kier alpha value is -0.480. The molecule has 3 nitrogen and oxygen atoms in total.